The second-order valence-corrected chi connectivity index (χ2v) is 16.5. The Kier molecular flexibility index (Phi) is 9.20. The van der Waals surface area contributed by atoms with Crippen molar-refractivity contribution in [2.75, 3.05) is 4.90 Å². The molecule has 0 fully saturated rings. The minimum atomic E-state index is 1.09. The van der Waals surface area contributed by atoms with Gasteiger partial charge in [-0.3, -0.25) is 0 Å². The lowest BCUT2D eigenvalue weighted by atomic mass is 9.95. The summed E-state index contributed by atoms with van der Waals surface area (Å²) in [6, 6.07) is 92.6. The van der Waals surface area contributed by atoms with Gasteiger partial charge in [-0.15, -0.1) is 0 Å². The molecule has 1 heterocycles. The molecule has 0 unspecified atom stereocenters. The van der Waals surface area contributed by atoms with Crippen molar-refractivity contribution in [1.29, 1.82) is 0 Å². The Balaban J connectivity index is 0.928. The molecule has 12 rings (SSSR count). The van der Waals surface area contributed by atoms with E-state index in [0.717, 1.165) is 17.1 Å². The van der Waals surface area contributed by atoms with Crippen LogP contribution in [0.3, 0.4) is 0 Å². The minimum absolute atomic E-state index is 1.09. The fourth-order valence-electron chi connectivity index (χ4n) is 9.79. The highest BCUT2D eigenvalue weighted by molar-refractivity contribution is 6.10. The topological polar surface area (TPSA) is 8.17 Å². The number of anilines is 3. The zero-order valence-corrected chi connectivity index (χ0v) is 35.1. The molecule has 0 aliphatic heterocycles. The van der Waals surface area contributed by atoms with Crippen LogP contribution < -0.4 is 4.90 Å². The van der Waals surface area contributed by atoms with Gasteiger partial charge in [-0.1, -0.05) is 206 Å². The van der Waals surface area contributed by atoms with Gasteiger partial charge in [0.05, 0.1) is 22.4 Å². The monoisotopic (exact) mass is 814 g/mol. The minimum Gasteiger partial charge on any atom is -0.310 e. The first-order chi connectivity index (χ1) is 31.8. The molecule has 2 nitrogen and oxygen atoms in total. The highest BCUT2D eigenvalue weighted by atomic mass is 15.1. The average Bonchev–Trinajstić information content (AvgIpc) is 3.71. The Morgan fingerprint density at radius 3 is 1.27 bits per heavy atom. The highest BCUT2D eigenvalue weighted by Crippen LogP contribution is 2.44. The predicted molar refractivity (Wildman–Crippen MR) is 272 cm³/mol. The third-order valence-corrected chi connectivity index (χ3v) is 12.8. The highest BCUT2D eigenvalue weighted by Gasteiger charge is 2.20. The van der Waals surface area contributed by atoms with Crippen molar-refractivity contribution in [2.24, 2.45) is 0 Å². The van der Waals surface area contributed by atoms with Crippen LogP contribution in [0.15, 0.2) is 255 Å². The third kappa shape index (κ3) is 6.44. The molecule has 0 saturated carbocycles. The zero-order valence-electron chi connectivity index (χ0n) is 35.1. The summed E-state index contributed by atoms with van der Waals surface area (Å²) >= 11 is 0. The van der Waals surface area contributed by atoms with Gasteiger partial charge in [0.1, 0.15) is 0 Å². The lowest BCUT2D eigenvalue weighted by Gasteiger charge is -2.28. The Morgan fingerprint density at radius 1 is 0.250 bits per heavy atom. The van der Waals surface area contributed by atoms with Crippen LogP contribution in [0, 0.1) is 0 Å². The normalized spacial score (nSPS) is 11.4. The van der Waals surface area contributed by atoms with Gasteiger partial charge in [0.2, 0.25) is 0 Å². The van der Waals surface area contributed by atoms with Crippen molar-refractivity contribution in [3.05, 3.63) is 255 Å². The molecule has 12 aromatic rings. The summed E-state index contributed by atoms with van der Waals surface area (Å²) in [5.41, 5.74) is 16.4. The van der Waals surface area contributed by atoms with E-state index in [-0.39, 0.29) is 0 Å². The molecule has 300 valence electrons. The number of hydrogen-bond donors (Lipinski definition) is 0. The lowest BCUT2D eigenvalue weighted by molar-refractivity contribution is 1.18. The molecule has 0 aliphatic rings. The predicted octanol–water partition coefficient (Wildman–Crippen LogP) is 17.2. The van der Waals surface area contributed by atoms with Gasteiger partial charge in [-0.25, -0.2) is 0 Å². The molecular weight excluding hydrogens is 773 g/mol. The molecule has 2 heteroatoms. The molecule has 0 N–H and O–H groups in total. The van der Waals surface area contributed by atoms with Gasteiger partial charge >= 0.3 is 0 Å². The molecular formula is C62H42N2. The largest absolute Gasteiger partial charge is 0.310 e. The average molecular weight is 815 g/mol. The van der Waals surface area contributed by atoms with Crippen LogP contribution in [0.1, 0.15) is 0 Å². The summed E-state index contributed by atoms with van der Waals surface area (Å²) in [5, 5.41) is 7.49. The first-order valence-electron chi connectivity index (χ1n) is 22.0. The van der Waals surface area contributed by atoms with E-state index in [1.807, 2.05) is 0 Å². The van der Waals surface area contributed by atoms with Crippen molar-refractivity contribution >= 4 is 60.4 Å². The third-order valence-electron chi connectivity index (χ3n) is 12.8. The molecule has 64 heavy (non-hydrogen) atoms. The van der Waals surface area contributed by atoms with Crippen LogP contribution in [0.4, 0.5) is 17.1 Å². The molecule has 0 amide bonds. The maximum atomic E-state index is 2.41. The van der Waals surface area contributed by atoms with Gasteiger partial charge in [0.15, 0.2) is 0 Å². The Bertz CT molecular complexity index is 3590. The van der Waals surface area contributed by atoms with Crippen LogP contribution in [-0.2, 0) is 0 Å². The number of aromatic nitrogens is 1. The van der Waals surface area contributed by atoms with Crippen LogP contribution in [0.2, 0.25) is 0 Å². The second-order valence-electron chi connectivity index (χ2n) is 16.5. The zero-order chi connectivity index (χ0) is 42.4. The van der Waals surface area contributed by atoms with E-state index in [2.05, 4.69) is 264 Å². The standard InChI is InChI=1S/C62H42N2/c1-3-19-51-45(15-1)17-13-25-52(51)47-37-41-50(42-38-47)63(60-28-10-6-22-56(60)55-26-14-18-46-16-2-4-20-53(46)55)49-39-35-44(36-40-49)43-31-33-48(34-32-43)54-21-5-9-27-59(54)64-61-29-11-7-23-57(61)58-24-8-12-30-62(58)64/h1-42H. The molecule has 0 spiro atoms. The van der Waals surface area contributed by atoms with E-state index < -0.39 is 0 Å². The van der Waals surface area contributed by atoms with Crippen LogP contribution in [0.5, 0.6) is 0 Å². The Hall–Kier alpha value is -8.46. The van der Waals surface area contributed by atoms with Gasteiger partial charge in [-0.2, -0.15) is 0 Å². The molecule has 0 radical (unpaired) electrons. The Labute approximate surface area is 373 Å². The van der Waals surface area contributed by atoms with E-state index in [4.69, 9.17) is 0 Å². The van der Waals surface area contributed by atoms with E-state index in [9.17, 15) is 0 Å². The number of para-hydroxylation sites is 4. The first-order valence-corrected chi connectivity index (χ1v) is 22.0. The summed E-state index contributed by atoms with van der Waals surface area (Å²) < 4.78 is 2.41. The van der Waals surface area contributed by atoms with Crippen molar-refractivity contribution in [1.82, 2.24) is 4.57 Å². The molecule has 0 aliphatic carbocycles. The number of fused-ring (bicyclic) bond motifs is 5. The Morgan fingerprint density at radius 2 is 0.641 bits per heavy atom. The van der Waals surface area contributed by atoms with E-state index >= 15 is 0 Å². The van der Waals surface area contributed by atoms with Gasteiger partial charge in [0.25, 0.3) is 0 Å². The van der Waals surface area contributed by atoms with Crippen molar-refractivity contribution < 1.29 is 0 Å². The quantitative estimate of drug-likeness (QED) is 0.148. The summed E-state index contributed by atoms with van der Waals surface area (Å²) in [6.07, 6.45) is 0. The van der Waals surface area contributed by atoms with E-state index in [1.165, 1.54) is 93.5 Å². The fraction of sp³-hybridized carbons (Fsp3) is 0. The van der Waals surface area contributed by atoms with Crippen molar-refractivity contribution in [3.63, 3.8) is 0 Å². The molecule has 0 atom stereocenters. The van der Waals surface area contributed by atoms with Crippen molar-refractivity contribution in [3.8, 4) is 50.2 Å². The van der Waals surface area contributed by atoms with Gasteiger partial charge in [0, 0.05) is 33.3 Å². The fourth-order valence-corrected chi connectivity index (χ4v) is 9.79. The van der Waals surface area contributed by atoms with E-state index in [1.54, 1.807) is 0 Å². The maximum absolute atomic E-state index is 2.41. The van der Waals surface area contributed by atoms with Crippen LogP contribution in [0.25, 0.3) is 93.5 Å². The maximum Gasteiger partial charge on any atom is 0.0541 e. The molecule has 0 bridgehead atoms. The van der Waals surface area contributed by atoms with Crippen LogP contribution >= 0.6 is 0 Å². The van der Waals surface area contributed by atoms with Gasteiger partial charge < -0.3 is 9.47 Å². The summed E-state index contributed by atoms with van der Waals surface area (Å²) in [6.45, 7) is 0. The number of hydrogen-bond acceptors (Lipinski definition) is 1. The second kappa shape index (κ2) is 15.8. The molecule has 1 aromatic heterocycles. The van der Waals surface area contributed by atoms with Crippen LogP contribution in [-0.4, -0.2) is 4.57 Å². The van der Waals surface area contributed by atoms with Gasteiger partial charge in [-0.05, 0) is 103 Å². The summed E-state index contributed by atoms with van der Waals surface area (Å²) in [4.78, 5) is 2.41. The smallest absolute Gasteiger partial charge is 0.0541 e. The number of rotatable bonds is 8. The first kappa shape index (κ1) is 37.3. The number of benzene rings is 11. The number of nitrogens with zero attached hydrogens (tertiary/aromatic N) is 2. The summed E-state index contributed by atoms with van der Waals surface area (Å²) in [5.74, 6) is 0. The van der Waals surface area contributed by atoms with Crippen molar-refractivity contribution in [2.45, 2.75) is 0 Å². The van der Waals surface area contributed by atoms with E-state index in [0.29, 0.717) is 0 Å². The SMILES string of the molecule is c1ccc(N(c2ccc(-c3ccc(-c4ccccc4-n4c5ccccc5c5ccccc54)cc3)cc2)c2ccc(-c3cccc4ccccc34)cc2)c(-c2cccc3ccccc23)c1. The molecule has 11 aromatic carbocycles. The molecule has 0 saturated heterocycles. The summed E-state index contributed by atoms with van der Waals surface area (Å²) in [7, 11) is 0. The lowest BCUT2D eigenvalue weighted by Crippen LogP contribution is -2.11.